The molecule has 6 heteroatoms. The SMILES string of the molecule is O=C(c1cnsn1)N1CCO[C@H]2CCCC[C@@H]21. The first kappa shape index (κ1) is 11.1. The van der Waals surface area contributed by atoms with Gasteiger partial charge >= 0.3 is 0 Å². The van der Waals surface area contributed by atoms with Gasteiger partial charge in [-0.25, -0.2) is 0 Å². The second-order valence-corrected chi connectivity index (χ2v) is 5.11. The molecule has 1 aromatic heterocycles. The van der Waals surface area contributed by atoms with Gasteiger partial charge in [-0.3, -0.25) is 4.79 Å². The molecule has 0 N–H and O–H groups in total. The Morgan fingerprint density at radius 1 is 1.47 bits per heavy atom. The van der Waals surface area contributed by atoms with Crippen LogP contribution in [0.3, 0.4) is 0 Å². The lowest BCUT2D eigenvalue weighted by molar-refractivity contribution is -0.0754. The van der Waals surface area contributed by atoms with E-state index in [1.807, 2.05) is 4.90 Å². The maximum atomic E-state index is 12.3. The maximum absolute atomic E-state index is 12.3. The topological polar surface area (TPSA) is 55.3 Å². The van der Waals surface area contributed by atoms with E-state index in [-0.39, 0.29) is 18.1 Å². The lowest BCUT2D eigenvalue weighted by atomic mass is 9.90. The highest BCUT2D eigenvalue weighted by molar-refractivity contribution is 6.99. The maximum Gasteiger partial charge on any atom is 0.275 e. The average molecular weight is 253 g/mol. The number of fused-ring (bicyclic) bond motifs is 1. The van der Waals surface area contributed by atoms with Crippen LogP contribution >= 0.6 is 11.7 Å². The first-order valence-corrected chi connectivity index (χ1v) is 6.79. The molecule has 2 fully saturated rings. The van der Waals surface area contributed by atoms with Crippen molar-refractivity contribution in [3.63, 3.8) is 0 Å². The monoisotopic (exact) mass is 253 g/mol. The van der Waals surface area contributed by atoms with Gasteiger partial charge in [0.25, 0.3) is 5.91 Å². The number of amides is 1. The summed E-state index contributed by atoms with van der Waals surface area (Å²) in [6, 6.07) is 0.242. The predicted octanol–water partition coefficient (Wildman–Crippen LogP) is 1.32. The third-order valence-corrected chi connectivity index (χ3v) is 4.05. The highest BCUT2D eigenvalue weighted by atomic mass is 32.1. The lowest BCUT2D eigenvalue weighted by Gasteiger charge is -2.43. The van der Waals surface area contributed by atoms with Crippen LogP contribution in [-0.4, -0.2) is 44.9 Å². The molecule has 92 valence electrons. The summed E-state index contributed by atoms with van der Waals surface area (Å²) in [5, 5.41) is 0. The molecule has 2 aliphatic rings. The molecule has 0 bridgehead atoms. The molecule has 0 spiro atoms. The number of hydrogen-bond acceptors (Lipinski definition) is 5. The average Bonchev–Trinajstić information content (AvgIpc) is 2.91. The molecule has 5 nitrogen and oxygen atoms in total. The number of carbonyl (C=O) groups is 1. The molecule has 2 atom stereocenters. The normalized spacial score (nSPS) is 28.8. The Balaban J connectivity index is 1.79. The van der Waals surface area contributed by atoms with Gasteiger partial charge < -0.3 is 9.64 Å². The Labute approximate surface area is 104 Å². The minimum absolute atomic E-state index is 0.0129. The second-order valence-electron chi connectivity index (χ2n) is 4.55. The number of morpholine rings is 1. The standard InChI is InChI=1S/C11H15N3O2S/c15-11(8-7-12-17-13-8)14-5-6-16-10-4-2-1-3-9(10)14/h7,9-10H,1-6H2/t9-,10-/m0/s1. The van der Waals surface area contributed by atoms with Gasteiger partial charge in [-0.2, -0.15) is 8.75 Å². The number of rotatable bonds is 1. The van der Waals surface area contributed by atoms with E-state index in [4.69, 9.17) is 4.74 Å². The van der Waals surface area contributed by atoms with Crippen LogP contribution in [0.4, 0.5) is 0 Å². The second kappa shape index (κ2) is 4.70. The van der Waals surface area contributed by atoms with Gasteiger partial charge in [0.1, 0.15) is 0 Å². The Kier molecular flexibility index (Phi) is 3.07. The predicted molar refractivity (Wildman–Crippen MR) is 62.9 cm³/mol. The summed E-state index contributed by atoms with van der Waals surface area (Å²) in [6.07, 6.45) is 6.30. The molecule has 1 amide bonds. The molecule has 17 heavy (non-hydrogen) atoms. The molecule has 0 unspecified atom stereocenters. The summed E-state index contributed by atoms with van der Waals surface area (Å²) < 4.78 is 13.7. The number of ether oxygens (including phenoxy) is 1. The van der Waals surface area contributed by atoms with Crippen molar-refractivity contribution >= 4 is 17.6 Å². The van der Waals surface area contributed by atoms with E-state index in [0.717, 1.165) is 24.6 Å². The molecule has 1 saturated heterocycles. The Morgan fingerprint density at radius 3 is 3.18 bits per heavy atom. The van der Waals surface area contributed by atoms with Crippen LogP contribution in [0, 0.1) is 0 Å². The minimum atomic E-state index is 0.0129. The van der Waals surface area contributed by atoms with Crippen LogP contribution in [0.1, 0.15) is 36.2 Å². The largest absolute Gasteiger partial charge is 0.374 e. The number of hydrogen-bond donors (Lipinski definition) is 0. The molecule has 1 aliphatic carbocycles. The highest BCUT2D eigenvalue weighted by Crippen LogP contribution is 2.29. The fourth-order valence-electron chi connectivity index (χ4n) is 2.75. The molecule has 1 aliphatic heterocycles. The van der Waals surface area contributed by atoms with Crippen molar-refractivity contribution in [2.75, 3.05) is 13.2 Å². The molecular formula is C11H15N3O2S. The van der Waals surface area contributed by atoms with Crippen LogP contribution < -0.4 is 0 Å². The molecule has 1 aromatic rings. The van der Waals surface area contributed by atoms with E-state index in [9.17, 15) is 4.79 Å². The number of nitrogens with zero attached hydrogens (tertiary/aromatic N) is 3. The zero-order valence-electron chi connectivity index (χ0n) is 9.54. The van der Waals surface area contributed by atoms with E-state index in [1.54, 1.807) is 6.20 Å². The summed E-state index contributed by atoms with van der Waals surface area (Å²) in [5.41, 5.74) is 0.473. The van der Waals surface area contributed by atoms with Gasteiger partial charge in [-0.15, -0.1) is 0 Å². The van der Waals surface area contributed by atoms with E-state index in [1.165, 1.54) is 12.8 Å². The van der Waals surface area contributed by atoms with E-state index < -0.39 is 0 Å². The highest BCUT2D eigenvalue weighted by Gasteiger charge is 2.37. The van der Waals surface area contributed by atoms with Crippen molar-refractivity contribution in [3.05, 3.63) is 11.9 Å². The summed E-state index contributed by atoms with van der Waals surface area (Å²) in [4.78, 5) is 14.2. The van der Waals surface area contributed by atoms with Crippen LogP contribution in [0.5, 0.6) is 0 Å². The lowest BCUT2D eigenvalue weighted by Crippen LogP contribution is -2.54. The summed E-state index contributed by atoms with van der Waals surface area (Å²) in [6.45, 7) is 1.32. The van der Waals surface area contributed by atoms with Crippen molar-refractivity contribution in [1.29, 1.82) is 0 Å². The van der Waals surface area contributed by atoms with Crippen LogP contribution in [0.25, 0.3) is 0 Å². The van der Waals surface area contributed by atoms with Crippen LogP contribution in [-0.2, 0) is 4.74 Å². The fraction of sp³-hybridized carbons (Fsp3) is 0.727. The zero-order valence-corrected chi connectivity index (χ0v) is 10.4. The Morgan fingerprint density at radius 2 is 2.35 bits per heavy atom. The van der Waals surface area contributed by atoms with Crippen LogP contribution in [0.15, 0.2) is 6.20 Å². The van der Waals surface area contributed by atoms with Gasteiger partial charge in [0, 0.05) is 6.54 Å². The minimum Gasteiger partial charge on any atom is -0.374 e. The molecule has 3 rings (SSSR count). The van der Waals surface area contributed by atoms with Crippen molar-refractivity contribution in [2.24, 2.45) is 0 Å². The molecule has 0 aromatic carbocycles. The third kappa shape index (κ3) is 2.07. The first-order chi connectivity index (χ1) is 8.36. The summed E-state index contributed by atoms with van der Waals surface area (Å²) in [7, 11) is 0. The quantitative estimate of drug-likeness (QED) is 0.757. The van der Waals surface area contributed by atoms with Crippen LogP contribution in [0.2, 0.25) is 0 Å². The fourth-order valence-corrected chi connectivity index (χ4v) is 3.16. The number of carbonyl (C=O) groups excluding carboxylic acids is 1. The van der Waals surface area contributed by atoms with Gasteiger partial charge in [-0.05, 0) is 12.8 Å². The van der Waals surface area contributed by atoms with E-state index >= 15 is 0 Å². The Bertz CT molecular complexity index is 393. The van der Waals surface area contributed by atoms with E-state index in [2.05, 4.69) is 8.75 Å². The summed E-state index contributed by atoms with van der Waals surface area (Å²) in [5.74, 6) is 0.0129. The van der Waals surface area contributed by atoms with Gasteiger partial charge in [0.05, 0.1) is 36.7 Å². The van der Waals surface area contributed by atoms with E-state index in [0.29, 0.717) is 18.8 Å². The smallest absolute Gasteiger partial charge is 0.275 e. The van der Waals surface area contributed by atoms with Crippen molar-refractivity contribution in [3.8, 4) is 0 Å². The van der Waals surface area contributed by atoms with Crippen molar-refractivity contribution in [2.45, 2.75) is 37.8 Å². The van der Waals surface area contributed by atoms with Gasteiger partial charge in [0.15, 0.2) is 5.69 Å². The van der Waals surface area contributed by atoms with Crippen molar-refractivity contribution in [1.82, 2.24) is 13.6 Å². The Hall–Kier alpha value is -1.01. The number of aromatic nitrogens is 2. The first-order valence-electron chi connectivity index (χ1n) is 6.06. The zero-order chi connectivity index (χ0) is 11.7. The third-order valence-electron chi connectivity index (χ3n) is 3.57. The summed E-state index contributed by atoms with van der Waals surface area (Å²) >= 11 is 1.08. The molecule has 1 saturated carbocycles. The molecule has 2 heterocycles. The van der Waals surface area contributed by atoms with Gasteiger partial charge in [0.2, 0.25) is 0 Å². The molecule has 0 radical (unpaired) electrons. The van der Waals surface area contributed by atoms with Crippen molar-refractivity contribution < 1.29 is 9.53 Å². The molecular weight excluding hydrogens is 238 g/mol. The van der Waals surface area contributed by atoms with Gasteiger partial charge in [-0.1, -0.05) is 12.8 Å².